The molecule has 1 amide bonds. The highest BCUT2D eigenvalue weighted by Gasteiger charge is 2.19. The van der Waals surface area contributed by atoms with Crippen LogP contribution < -0.4 is 11.1 Å². The summed E-state index contributed by atoms with van der Waals surface area (Å²) < 4.78 is 5.09. The molecule has 29 heavy (non-hydrogen) atoms. The zero-order valence-corrected chi connectivity index (χ0v) is 17.3. The first kappa shape index (κ1) is 20.8. The Labute approximate surface area is 177 Å². The second-order valence-corrected chi connectivity index (χ2v) is 7.63. The number of nitrogen functional groups attached to an aromatic ring is 1. The molecule has 2 heterocycles. The van der Waals surface area contributed by atoms with Gasteiger partial charge in [-0.15, -0.1) is 11.3 Å². The van der Waals surface area contributed by atoms with Gasteiger partial charge >= 0.3 is 5.97 Å². The SMILES string of the molecule is CCc1ccc(C(NC(=O)COC(=O)c2cnc(Cl)c(N)c2)c2cccs2)cc1. The number of thiophene rings is 1. The highest BCUT2D eigenvalue weighted by Crippen LogP contribution is 2.26. The lowest BCUT2D eigenvalue weighted by molar-refractivity contribution is -0.124. The lowest BCUT2D eigenvalue weighted by Gasteiger charge is -2.18. The van der Waals surface area contributed by atoms with Crippen molar-refractivity contribution < 1.29 is 14.3 Å². The molecule has 1 atom stereocenters. The Balaban J connectivity index is 1.66. The van der Waals surface area contributed by atoms with Crippen molar-refractivity contribution in [1.29, 1.82) is 0 Å². The first-order valence-corrected chi connectivity index (χ1v) is 10.2. The minimum Gasteiger partial charge on any atom is -0.452 e. The predicted octanol–water partition coefficient (Wildman–Crippen LogP) is 4.00. The van der Waals surface area contributed by atoms with E-state index in [0.717, 1.165) is 16.9 Å². The van der Waals surface area contributed by atoms with Crippen LogP contribution >= 0.6 is 22.9 Å². The summed E-state index contributed by atoms with van der Waals surface area (Å²) >= 11 is 7.29. The number of nitrogens with one attached hydrogen (secondary N) is 1. The fraction of sp³-hybridized carbons (Fsp3) is 0.190. The average molecular weight is 430 g/mol. The van der Waals surface area contributed by atoms with Gasteiger partial charge in [-0.2, -0.15) is 0 Å². The van der Waals surface area contributed by atoms with Gasteiger partial charge in [-0.1, -0.05) is 48.9 Å². The smallest absolute Gasteiger partial charge is 0.340 e. The van der Waals surface area contributed by atoms with E-state index in [1.165, 1.54) is 17.8 Å². The Morgan fingerprint density at radius 3 is 2.66 bits per heavy atom. The maximum atomic E-state index is 12.5. The molecule has 0 aliphatic carbocycles. The minimum absolute atomic E-state index is 0.104. The van der Waals surface area contributed by atoms with Crippen LogP contribution in [0.25, 0.3) is 0 Å². The molecule has 0 bridgehead atoms. The van der Waals surface area contributed by atoms with Crippen molar-refractivity contribution in [2.45, 2.75) is 19.4 Å². The lowest BCUT2D eigenvalue weighted by Crippen LogP contribution is -2.32. The molecular weight excluding hydrogens is 410 g/mol. The summed E-state index contributed by atoms with van der Waals surface area (Å²) in [5.74, 6) is -1.11. The van der Waals surface area contributed by atoms with Crippen LogP contribution in [-0.4, -0.2) is 23.5 Å². The number of halogens is 1. The van der Waals surface area contributed by atoms with Crippen LogP contribution in [0.5, 0.6) is 0 Å². The van der Waals surface area contributed by atoms with E-state index in [0.29, 0.717) is 0 Å². The molecule has 0 spiro atoms. The standard InChI is InChI=1S/C21H20ClN3O3S/c1-2-13-5-7-14(8-6-13)19(17-4-3-9-29-17)25-18(26)12-28-21(27)15-10-16(23)20(22)24-11-15/h3-11,19H,2,12,23H2,1H3,(H,25,26). The molecule has 0 saturated heterocycles. The first-order valence-electron chi connectivity index (χ1n) is 8.97. The number of hydrogen-bond donors (Lipinski definition) is 2. The van der Waals surface area contributed by atoms with E-state index >= 15 is 0 Å². The number of aryl methyl sites for hydroxylation is 1. The van der Waals surface area contributed by atoms with Crippen molar-refractivity contribution in [2.75, 3.05) is 12.3 Å². The highest BCUT2D eigenvalue weighted by atomic mass is 35.5. The molecule has 3 aromatic rings. The quantitative estimate of drug-likeness (QED) is 0.437. The zero-order valence-electron chi connectivity index (χ0n) is 15.7. The highest BCUT2D eigenvalue weighted by molar-refractivity contribution is 7.10. The van der Waals surface area contributed by atoms with Gasteiger partial charge in [0.15, 0.2) is 11.8 Å². The summed E-state index contributed by atoms with van der Waals surface area (Å²) in [5, 5.41) is 4.99. The van der Waals surface area contributed by atoms with Crippen LogP contribution in [0.1, 0.15) is 39.3 Å². The molecule has 1 aromatic carbocycles. The molecule has 150 valence electrons. The number of ether oxygens (including phenoxy) is 1. The number of nitrogens with zero attached hydrogens (tertiary/aromatic N) is 1. The largest absolute Gasteiger partial charge is 0.452 e. The molecular formula is C21H20ClN3O3S. The summed E-state index contributed by atoms with van der Waals surface area (Å²) in [6.45, 7) is 1.67. The molecule has 0 aliphatic heterocycles. The number of pyridine rings is 1. The van der Waals surface area contributed by atoms with Gasteiger partial charge in [0.05, 0.1) is 17.3 Å². The van der Waals surface area contributed by atoms with Crippen LogP contribution in [0, 0.1) is 0 Å². The maximum Gasteiger partial charge on any atom is 0.340 e. The van der Waals surface area contributed by atoms with Crippen LogP contribution in [0.4, 0.5) is 5.69 Å². The van der Waals surface area contributed by atoms with Crippen molar-refractivity contribution in [2.24, 2.45) is 0 Å². The summed E-state index contributed by atoms with van der Waals surface area (Å²) in [4.78, 5) is 29.4. The van der Waals surface area contributed by atoms with E-state index in [9.17, 15) is 9.59 Å². The van der Waals surface area contributed by atoms with Gasteiger partial charge in [-0.25, -0.2) is 9.78 Å². The molecule has 6 nitrogen and oxygen atoms in total. The first-order chi connectivity index (χ1) is 14.0. The van der Waals surface area contributed by atoms with E-state index in [1.807, 2.05) is 41.8 Å². The van der Waals surface area contributed by atoms with Gasteiger partial charge in [0.25, 0.3) is 5.91 Å². The number of esters is 1. The van der Waals surface area contributed by atoms with Crippen LogP contribution in [-0.2, 0) is 16.0 Å². The Morgan fingerprint density at radius 2 is 2.03 bits per heavy atom. The van der Waals surface area contributed by atoms with Crippen molar-refractivity contribution in [1.82, 2.24) is 10.3 Å². The van der Waals surface area contributed by atoms with Crippen LogP contribution in [0.15, 0.2) is 54.0 Å². The maximum absolute atomic E-state index is 12.5. The monoisotopic (exact) mass is 429 g/mol. The second-order valence-electron chi connectivity index (χ2n) is 6.29. The number of hydrogen-bond acceptors (Lipinski definition) is 6. The zero-order chi connectivity index (χ0) is 20.8. The molecule has 0 aliphatic rings. The fourth-order valence-electron chi connectivity index (χ4n) is 2.71. The number of nitrogens with two attached hydrogens (primary N) is 1. The lowest BCUT2D eigenvalue weighted by atomic mass is 10.0. The summed E-state index contributed by atoms with van der Waals surface area (Å²) in [6, 6.07) is 13.0. The third-order valence-electron chi connectivity index (χ3n) is 4.29. The molecule has 3 N–H and O–H groups in total. The summed E-state index contributed by atoms with van der Waals surface area (Å²) in [7, 11) is 0. The van der Waals surface area contributed by atoms with Gasteiger partial charge in [0, 0.05) is 11.1 Å². The van der Waals surface area contributed by atoms with Gasteiger partial charge in [0.2, 0.25) is 0 Å². The van der Waals surface area contributed by atoms with Crippen molar-refractivity contribution in [3.63, 3.8) is 0 Å². The number of carbonyl (C=O) groups is 2. The topological polar surface area (TPSA) is 94.3 Å². The van der Waals surface area contributed by atoms with Crippen LogP contribution in [0.2, 0.25) is 5.15 Å². The van der Waals surface area contributed by atoms with Gasteiger partial charge in [-0.05, 0) is 35.1 Å². The fourth-order valence-corrected chi connectivity index (χ4v) is 3.62. The number of benzene rings is 1. The summed E-state index contributed by atoms with van der Waals surface area (Å²) in [6.07, 6.45) is 2.19. The number of carbonyl (C=O) groups excluding carboxylic acids is 2. The second kappa shape index (κ2) is 9.54. The molecule has 1 unspecified atom stereocenters. The van der Waals surface area contributed by atoms with Crippen molar-refractivity contribution >= 4 is 40.5 Å². The number of amides is 1. The van der Waals surface area contributed by atoms with Gasteiger partial charge < -0.3 is 15.8 Å². The van der Waals surface area contributed by atoms with E-state index in [2.05, 4.69) is 17.2 Å². The normalized spacial score (nSPS) is 11.7. The van der Waals surface area contributed by atoms with E-state index in [1.54, 1.807) is 11.3 Å². The van der Waals surface area contributed by atoms with Crippen molar-refractivity contribution in [3.05, 3.63) is 80.8 Å². The third kappa shape index (κ3) is 5.34. The Bertz CT molecular complexity index is 991. The number of rotatable bonds is 7. The Hall–Kier alpha value is -2.90. The molecule has 2 aromatic heterocycles. The van der Waals surface area contributed by atoms with Gasteiger partial charge in [0.1, 0.15) is 0 Å². The van der Waals surface area contributed by atoms with E-state index in [4.69, 9.17) is 22.1 Å². The van der Waals surface area contributed by atoms with E-state index in [-0.39, 0.29) is 22.4 Å². The molecule has 8 heteroatoms. The average Bonchev–Trinajstić information content (AvgIpc) is 3.27. The molecule has 0 fully saturated rings. The predicted molar refractivity (Wildman–Crippen MR) is 114 cm³/mol. The Morgan fingerprint density at radius 1 is 1.28 bits per heavy atom. The number of anilines is 1. The third-order valence-corrected chi connectivity index (χ3v) is 5.54. The number of aromatic nitrogens is 1. The minimum atomic E-state index is -0.698. The molecule has 0 radical (unpaired) electrons. The van der Waals surface area contributed by atoms with Gasteiger partial charge in [-0.3, -0.25) is 4.79 Å². The van der Waals surface area contributed by atoms with Crippen LogP contribution in [0.3, 0.4) is 0 Å². The Kier molecular flexibility index (Phi) is 6.85. The summed E-state index contributed by atoms with van der Waals surface area (Å²) in [5.41, 5.74) is 8.11. The molecule has 3 rings (SSSR count). The van der Waals surface area contributed by atoms with Crippen molar-refractivity contribution in [3.8, 4) is 0 Å². The van der Waals surface area contributed by atoms with E-state index < -0.39 is 18.5 Å². The molecule has 0 saturated carbocycles.